The molecule has 6 rings (SSSR count). The summed E-state index contributed by atoms with van der Waals surface area (Å²) < 4.78 is 0. The topological polar surface area (TPSA) is 52.0 Å². The third-order valence-corrected chi connectivity index (χ3v) is 7.34. The van der Waals surface area contributed by atoms with Crippen molar-refractivity contribution in [3.05, 3.63) is 157 Å². The van der Waals surface area contributed by atoms with E-state index in [0.717, 1.165) is 44.8 Å². The minimum atomic E-state index is 0.666. The molecule has 2 heteroatoms. The van der Waals surface area contributed by atoms with E-state index >= 15 is 0 Å². The lowest BCUT2D eigenvalue weighted by Crippen LogP contribution is -2.05. The van der Waals surface area contributed by atoms with Gasteiger partial charge < -0.3 is 11.5 Å². The Hall–Kier alpha value is -5.08. The summed E-state index contributed by atoms with van der Waals surface area (Å²) in [6.45, 7) is 0. The molecule has 0 saturated heterocycles. The van der Waals surface area contributed by atoms with Gasteiger partial charge in [-0.15, -0.1) is 0 Å². The van der Waals surface area contributed by atoms with Crippen molar-refractivity contribution >= 4 is 11.4 Å². The molecule has 0 heterocycles. The Morgan fingerprint density at radius 3 is 0.974 bits per heavy atom. The van der Waals surface area contributed by atoms with Crippen molar-refractivity contribution < 1.29 is 0 Å². The van der Waals surface area contributed by atoms with Crippen LogP contribution in [-0.2, 0) is 6.42 Å². The van der Waals surface area contributed by atoms with Crippen LogP contribution in [0.2, 0.25) is 0 Å². The summed E-state index contributed by atoms with van der Waals surface area (Å²) in [6, 6.07) is 50.4. The van der Waals surface area contributed by atoms with Crippen LogP contribution in [-0.4, -0.2) is 0 Å². The highest BCUT2D eigenvalue weighted by Crippen LogP contribution is 2.43. The third kappa shape index (κ3) is 4.81. The maximum absolute atomic E-state index is 6.76. The van der Waals surface area contributed by atoms with E-state index in [-0.39, 0.29) is 0 Å². The average Bonchev–Trinajstić information content (AvgIpc) is 2.99. The highest BCUT2D eigenvalue weighted by molar-refractivity contribution is 5.91. The van der Waals surface area contributed by atoms with Gasteiger partial charge in [0.25, 0.3) is 0 Å². The first-order valence-electron chi connectivity index (χ1n) is 13.2. The van der Waals surface area contributed by atoms with Gasteiger partial charge in [0.1, 0.15) is 0 Å². The van der Waals surface area contributed by atoms with Gasteiger partial charge in [-0.1, -0.05) is 133 Å². The molecule has 0 spiro atoms. The van der Waals surface area contributed by atoms with Crippen molar-refractivity contribution in [2.75, 3.05) is 11.5 Å². The molecular formula is C37H30N2. The predicted octanol–water partition coefficient (Wildman–Crippen LogP) is 9.11. The van der Waals surface area contributed by atoms with Gasteiger partial charge in [-0.2, -0.15) is 0 Å². The summed E-state index contributed by atoms with van der Waals surface area (Å²) >= 11 is 0. The van der Waals surface area contributed by atoms with Crippen molar-refractivity contribution in [2.45, 2.75) is 6.42 Å². The first-order chi connectivity index (χ1) is 19.2. The second-order valence-electron chi connectivity index (χ2n) is 9.75. The molecule has 0 aliphatic carbocycles. The maximum Gasteiger partial charge on any atom is 0.0397 e. The van der Waals surface area contributed by atoms with Gasteiger partial charge in [-0.3, -0.25) is 0 Å². The predicted molar refractivity (Wildman–Crippen MR) is 166 cm³/mol. The molecule has 6 aromatic rings. The zero-order valence-corrected chi connectivity index (χ0v) is 21.7. The molecule has 0 radical (unpaired) electrons. The summed E-state index contributed by atoms with van der Waals surface area (Å²) in [7, 11) is 0. The van der Waals surface area contributed by atoms with Crippen LogP contribution in [0.25, 0.3) is 44.5 Å². The number of anilines is 2. The molecule has 0 unspecified atom stereocenters. The van der Waals surface area contributed by atoms with E-state index in [1.807, 2.05) is 24.3 Å². The van der Waals surface area contributed by atoms with Crippen LogP contribution in [0.5, 0.6) is 0 Å². The molecule has 0 bridgehead atoms. The number of rotatable bonds is 6. The SMILES string of the molecule is Nc1ccc(-c2ccccc2)c(Cc2c(-c3ccccc3)ccc(N)c2-c2ccccc2)c1-c1ccccc1. The van der Waals surface area contributed by atoms with Crippen LogP contribution in [0.4, 0.5) is 11.4 Å². The molecule has 188 valence electrons. The molecule has 0 aliphatic rings. The normalized spacial score (nSPS) is 10.9. The van der Waals surface area contributed by atoms with Crippen LogP contribution in [0.1, 0.15) is 11.1 Å². The monoisotopic (exact) mass is 502 g/mol. The van der Waals surface area contributed by atoms with E-state index in [4.69, 9.17) is 11.5 Å². The quantitative estimate of drug-likeness (QED) is 0.223. The highest BCUT2D eigenvalue weighted by Gasteiger charge is 2.21. The minimum Gasteiger partial charge on any atom is -0.398 e. The van der Waals surface area contributed by atoms with Crippen molar-refractivity contribution in [2.24, 2.45) is 0 Å². The van der Waals surface area contributed by atoms with Gasteiger partial charge in [0.15, 0.2) is 0 Å². The van der Waals surface area contributed by atoms with Crippen LogP contribution < -0.4 is 11.5 Å². The van der Waals surface area contributed by atoms with E-state index in [0.29, 0.717) is 6.42 Å². The molecular weight excluding hydrogens is 472 g/mol. The minimum absolute atomic E-state index is 0.666. The van der Waals surface area contributed by atoms with Crippen molar-refractivity contribution in [3.63, 3.8) is 0 Å². The largest absolute Gasteiger partial charge is 0.398 e. The van der Waals surface area contributed by atoms with Gasteiger partial charge in [-0.05, 0) is 56.6 Å². The Kier molecular flexibility index (Phi) is 6.67. The first-order valence-corrected chi connectivity index (χ1v) is 13.2. The summed E-state index contributed by atoms with van der Waals surface area (Å²) in [5, 5.41) is 0. The van der Waals surface area contributed by atoms with Crippen molar-refractivity contribution in [3.8, 4) is 44.5 Å². The maximum atomic E-state index is 6.76. The van der Waals surface area contributed by atoms with Crippen LogP contribution in [0.15, 0.2) is 146 Å². The lowest BCUT2D eigenvalue weighted by atomic mass is 9.82. The van der Waals surface area contributed by atoms with Gasteiger partial charge in [0.2, 0.25) is 0 Å². The Morgan fingerprint density at radius 2 is 0.641 bits per heavy atom. The number of benzene rings is 6. The lowest BCUT2D eigenvalue weighted by Gasteiger charge is -2.23. The Morgan fingerprint density at radius 1 is 0.333 bits per heavy atom. The summed E-state index contributed by atoms with van der Waals surface area (Å²) in [6.07, 6.45) is 0.666. The lowest BCUT2D eigenvalue weighted by molar-refractivity contribution is 1.20. The molecule has 0 saturated carbocycles. The smallest absolute Gasteiger partial charge is 0.0397 e. The van der Waals surface area contributed by atoms with Crippen LogP contribution in [0.3, 0.4) is 0 Å². The summed E-state index contributed by atoms with van der Waals surface area (Å²) in [4.78, 5) is 0. The molecule has 0 fully saturated rings. The molecule has 39 heavy (non-hydrogen) atoms. The summed E-state index contributed by atoms with van der Waals surface area (Å²) in [5.41, 5.74) is 26.4. The van der Waals surface area contributed by atoms with Gasteiger partial charge in [-0.25, -0.2) is 0 Å². The summed E-state index contributed by atoms with van der Waals surface area (Å²) in [5.74, 6) is 0. The number of nitrogens with two attached hydrogens (primary N) is 2. The van der Waals surface area contributed by atoms with E-state index in [1.54, 1.807) is 0 Å². The molecule has 6 aromatic carbocycles. The van der Waals surface area contributed by atoms with Gasteiger partial charge in [0, 0.05) is 28.9 Å². The zero-order chi connectivity index (χ0) is 26.6. The molecule has 4 N–H and O–H groups in total. The van der Waals surface area contributed by atoms with E-state index in [9.17, 15) is 0 Å². The molecule has 0 aromatic heterocycles. The molecule has 2 nitrogen and oxygen atoms in total. The van der Waals surface area contributed by atoms with Gasteiger partial charge in [0.05, 0.1) is 0 Å². The van der Waals surface area contributed by atoms with E-state index < -0.39 is 0 Å². The Labute approximate surface area is 230 Å². The van der Waals surface area contributed by atoms with Crippen LogP contribution in [0, 0.1) is 0 Å². The standard InChI is InChI=1S/C37H30N2/c38-34-23-21-30(26-13-5-1-6-14-26)32(36(34)28-17-9-3-10-18-28)25-33-31(27-15-7-2-8-16-27)22-24-35(39)37(33)29-19-11-4-12-20-29/h1-24H,25,38-39H2. The van der Waals surface area contributed by atoms with Crippen molar-refractivity contribution in [1.82, 2.24) is 0 Å². The van der Waals surface area contributed by atoms with E-state index in [2.05, 4.69) is 121 Å². The molecule has 0 atom stereocenters. The second kappa shape index (κ2) is 10.7. The van der Waals surface area contributed by atoms with Crippen LogP contribution >= 0.6 is 0 Å². The fourth-order valence-electron chi connectivity index (χ4n) is 5.54. The van der Waals surface area contributed by atoms with Gasteiger partial charge >= 0.3 is 0 Å². The fraction of sp³-hybridized carbons (Fsp3) is 0.0270. The number of nitrogen functional groups attached to an aromatic ring is 2. The highest BCUT2D eigenvalue weighted by atomic mass is 14.6. The Bertz CT molecular complexity index is 1580. The molecule has 0 amide bonds. The fourth-order valence-corrected chi connectivity index (χ4v) is 5.54. The van der Waals surface area contributed by atoms with E-state index in [1.165, 1.54) is 22.3 Å². The molecule has 0 aliphatic heterocycles. The number of hydrogen-bond donors (Lipinski definition) is 2. The third-order valence-electron chi connectivity index (χ3n) is 7.34. The zero-order valence-electron chi connectivity index (χ0n) is 21.7. The number of hydrogen-bond acceptors (Lipinski definition) is 2. The second-order valence-corrected chi connectivity index (χ2v) is 9.75. The Balaban J connectivity index is 1.67. The van der Waals surface area contributed by atoms with Crippen molar-refractivity contribution in [1.29, 1.82) is 0 Å². The average molecular weight is 503 g/mol. The first kappa shape index (κ1) is 24.3.